The van der Waals surface area contributed by atoms with E-state index in [4.69, 9.17) is 0 Å². The lowest BCUT2D eigenvalue weighted by molar-refractivity contribution is 0.394. The molecule has 0 heterocycles. The molecule has 11 rings (SSSR count). The summed E-state index contributed by atoms with van der Waals surface area (Å²) < 4.78 is 0. The number of nitrogens with zero attached hydrogens (tertiary/aromatic N) is 2. The average Bonchev–Trinajstić information content (AvgIpc) is 1.53. The van der Waals surface area contributed by atoms with Crippen LogP contribution >= 0.6 is 0 Å². The molecule has 2 nitrogen and oxygen atoms in total. The maximum Gasteiger partial charge on any atom is 0.0465 e. The van der Waals surface area contributed by atoms with Gasteiger partial charge in [0.2, 0.25) is 0 Å². The van der Waals surface area contributed by atoms with Crippen LogP contribution in [-0.4, -0.2) is 0 Å². The zero-order valence-electron chi connectivity index (χ0n) is 61.8. The van der Waals surface area contributed by atoms with E-state index in [2.05, 4.69) is 240 Å². The van der Waals surface area contributed by atoms with E-state index in [1.54, 1.807) is 22.3 Å². The van der Waals surface area contributed by atoms with Gasteiger partial charge in [0.05, 0.1) is 0 Å². The van der Waals surface area contributed by atoms with Gasteiger partial charge in [-0.15, -0.1) is 0 Å². The molecule has 0 saturated carbocycles. The highest BCUT2D eigenvalue weighted by atomic mass is 15.1. The summed E-state index contributed by atoms with van der Waals surface area (Å²) in [5, 5.41) is 0. The highest BCUT2D eigenvalue weighted by Gasteiger charge is 2.49. The zero-order chi connectivity index (χ0) is 66.5. The van der Waals surface area contributed by atoms with Crippen LogP contribution in [0, 0.1) is 13.8 Å². The van der Waals surface area contributed by atoms with E-state index in [1.807, 2.05) is 0 Å². The molecule has 502 valence electrons. The summed E-state index contributed by atoms with van der Waals surface area (Å²) in [4.78, 5) is 5.27. The van der Waals surface area contributed by atoms with Gasteiger partial charge in [-0.3, -0.25) is 0 Å². The number of aryl methyl sites for hydroxylation is 2. The van der Waals surface area contributed by atoms with Crippen LogP contribution in [-0.2, 0) is 32.5 Å². The van der Waals surface area contributed by atoms with E-state index >= 15 is 0 Å². The predicted molar refractivity (Wildman–Crippen MR) is 411 cm³/mol. The van der Waals surface area contributed by atoms with Crippen LogP contribution in [0.5, 0.6) is 0 Å². The smallest absolute Gasteiger partial charge is 0.0465 e. The van der Waals surface area contributed by atoms with Gasteiger partial charge in [-0.1, -0.05) is 297 Å². The Balaban J connectivity index is 1.13. The van der Waals surface area contributed by atoms with Gasteiger partial charge in [-0.25, -0.2) is 0 Å². The molecular formula is C92H124N2. The van der Waals surface area contributed by atoms with Crippen molar-refractivity contribution >= 4 is 34.1 Å². The van der Waals surface area contributed by atoms with E-state index in [0.29, 0.717) is 0 Å². The molecule has 0 saturated heterocycles. The largest absolute Gasteiger partial charge is 0.310 e. The zero-order valence-corrected chi connectivity index (χ0v) is 61.8. The van der Waals surface area contributed by atoms with Crippen LogP contribution in [0.1, 0.15) is 331 Å². The molecule has 0 spiro atoms. The van der Waals surface area contributed by atoms with Gasteiger partial charge in [0.15, 0.2) is 0 Å². The summed E-state index contributed by atoms with van der Waals surface area (Å²) in [6, 6.07) is 55.5. The van der Waals surface area contributed by atoms with Gasteiger partial charge in [0.25, 0.3) is 0 Å². The van der Waals surface area contributed by atoms with Crippen molar-refractivity contribution in [3.8, 4) is 22.3 Å². The molecule has 0 fully saturated rings. The molecule has 0 amide bonds. The summed E-state index contributed by atoms with van der Waals surface area (Å²) >= 11 is 0. The lowest BCUT2D eigenvalue weighted by Gasteiger charge is -2.35. The topological polar surface area (TPSA) is 6.48 Å². The first-order chi connectivity index (χ1) is 45.2. The van der Waals surface area contributed by atoms with Gasteiger partial charge in [0, 0.05) is 45.0 Å². The van der Waals surface area contributed by atoms with E-state index < -0.39 is 0 Å². The van der Waals surface area contributed by atoms with Crippen LogP contribution in [0.15, 0.2) is 133 Å². The fourth-order valence-corrected chi connectivity index (χ4v) is 19.4. The van der Waals surface area contributed by atoms with Crippen molar-refractivity contribution in [1.29, 1.82) is 0 Å². The standard InChI is InChI=1S/C92H124N2/c1-15-19-23-27-31-35-55-91(56-36-32-28-24-20-16-2)81-59-71(93(69-43-39-67(5)40-44-69)73-49-53-79-85(61-73)89(11,12)65-87(79,7)8)47-51-75(81)77-64-84-78(63-83(77)91)76-52-48-72(60-82(76)92(84,57-37-33-29-25-21-17-3)58-38-34-30-26-22-18-4)94(70-45-41-68(6)42-46-70)74-50-54-80-86(62-74)90(13,14)66-88(80,9)10/h39-54,59-64H,15-38,55-58,65-66H2,1-14H3. The minimum Gasteiger partial charge on any atom is -0.310 e. The first-order valence-electron chi connectivity index (χ1n) is 38.7. The second-order valence-corrected chi connectivity index (χ2v) is 33.3. The van der Waals surface area contributed by atoms with Crippen LogP contribution < -0.4 is 9.80 Å². The highest BCUT2D eigenvalue weighted by Crippen LogP contribution is 2.63. The third-order valence-electron chi connectivity index (χ3n) is 23.9. The third-order valence-corrected chi connectivity index (χ3v) is 23.9. The number of hydrogen-bond donors (Lipinski definition) is 0. The lowest BCUT2D eigenvalue weighted by Crippen LogP contribution is -2.27. The summed E-state index contributed by atoms with van der Waals surface area (Å²) in [5.41, 5.74) is 29.0. The second-order valence-electron chi connectivity index (χ2n) is 33.3. The number of unbranched alkanes of at least 4 members (excludes halogenated alkanes) is 20. The summed E-state index contributed by atoms with van der Waals surface area (Å²) in [7, 11) is 0. The molecule has 0 atom stereocenters. The maximum absolute atomic E-state index is 2.88. The Bertz CT molecular complexity index is 3400. The van der Waals surface area contributed by atoms with E-state index in [-0.39, 0.29) is 32.5 Å². The van der Waals surface area contributed by atoms with Crippen molar-refractivity contribution < 1.29 is 0 Å². The second kappa shape index (κ2) is 29.5. The Hall–Kier alpha value is -5.86. The van der Waals surface area contributed by atoms with Crippen molar-refractivity contribution in [3.63, 3.8) is 0 Å². The molecule has 0 radical (unpaired) electrons. The van der Waals surface area contributed by atoms with Crippen LogP contribution in [0.25, 0.3) is 22.3 Å². The quantitative estimate of drug-likeness (QED) is 0.0371. The number of fused-ring (bicyclic) bond motifs is 8. The van der Waals surface area contributed by atoms with Crippen LogP contribution in [0.2, 0.25) is 0 Å². The van der Waals surface area contributed by atoms with Crippen LogP contribution in [0.4, 0.5) is 34.1 Å². The minimum atomic E-state index is -0.115. The highest BCUT2D eigenvalue weighted by molar-refractivity contribution is 5.93. The maximum atomic E-state index is 2.88. The molecule has 94 heavy (non-hydrogen) atoms. The lowest BCUT2D eigenvalue weighted by atomic mass is 9.68. The van der Waals surface area contributed by atoms with Crippen molar-refractivity contribution in [3.05, 3.63) is 189 Å². The van der Waals surface area contributed by atoms with E-state index in [0.717, 1.165) is 12.8 Å². The van der Waals surface area contributed by atoms with Gasteiger partial charge in [-0.2, -0.15) is 0 Å². The number of hydrogen-bond acceptors (Lipinski definition) is 2. The number of anilines is 6. The SMILES string of the molecule is CCCCCCCCC1(CCCCCCCC)c2cc(N(c3ccc(C)cc3)c3ccc4c(c3)C(C)(C)CC4(C)C)ccc2-c2cc3c(cc21)-c1ccc(N(c2ccc(C)cc2)c2ccc4c(c2)C(C)(C)CC4(C)C)cc1C3(CCCCCCCC)CCCCCCCC. The molecule has 7 aromatic rings. The van der Waals surface area contributed by atoms with Crippen molar-refractivity contribution in [1.82, 2.24) is 0 Å². The predicted octanol–water partition coefficient (Wildman–Crippen LogP) is 28.7. The number of benzene rings is 7. The molecule has 0 bridgehead atoms. The van der Waals surface area contributed by atoms with E-state index in [1.165, 1.54) is 270 Å². The first-order valence-corrected chi connectivity index (χ1v) is 38.7. The fourth-order valence-electron chi connectivity index (χ4n) is 19.4. The molecule has 0 aromatic heterocycles. The Morgan fingerprint density at radius 1 is 0.245 bits per heavy atom. The first kappa shape index (κ1) is 69.5. The van der Waals surface area contributed by atoms with Crippen LogP contribution in [0.3, 0.4) is 0 Å². The average molecular weight is 1260 g/mol. The molecule has 4 aliphatic carbocycles. The Morgan fingerprint density at radius 3 is 0.798 bits per heavy atom. The molecular weight excluding hydrogens is 1130 g/mol. The molecule has 0 unspecified atom stereocenters. The molecule has 7 aromatic carbocycles. The van der Waals surface area contributed by atoms with E-state index in [9.17, 15) is 0 Å². The summed E-state index contributed by atoms with van der Waals surface area (Å²) in [6.07, 6.45) is 38.4. The summed E-state index contributed by atoms with van der Waals surface area (Å²) in [5.74, 6) is 0. The monoisotopic (exact) mass is 1260 g/mol. The Kier molecular flexibility index (Phi) is 21.8. The fraction of sp³-hybridized carbons (Fsp3) is 0.543. The molecule has 0 N–H and O–H groups in total. The summed E-state index contributed by atoms with van der Waals surface area (Å²) in [6.45, 7) is 33.7. The van der Waals surface area contributed by atoms with Gasteiger partial charge in [-0.05, 0) is 226 Å². The number of rotatable bonds is 34. The Labute approximate surface area is 574 Å². The van der Waals surface area contributed by atoms with Crippen molar-refractivity contribution in [2.24, 2.45) is 0 Å². The van der Waals surface area contributed by atoms with Gasteiger partial charge < -0.3 is 9.80 Å². The van der Waals surface area contributed by atoms with Crippen molar-refractivity contribution in [2.75, 3.05) is 9.80 Å². The van der Waals surface area contributed by atoms with Crippen molar-refractivity contribution in [2.45, 2.75) is 322 Å². The molecule has 0 aliphatic heterocycles. The van der Waals surface area contributed by atoms with Gasteiger partial charge in [0.1, 0.15) is 0 Å². The Morgan fingerprint density at radius 2 is 0.489 bits per heavy atom. The molecule has 4 aliphatic rings. The minimum absolute atomic E-state index is 0.0914. The van der Waals surface area contributed by atoms with Gasteiger partial charge >= 0.3 is 0 Å². The third kappa shape index (κ3) is 14.1. The molecule has 2 heteroatoms. The normalized spacial score (nSPS) is 16.7.